The summed E-state index contributed by atoms with van der Waals surface area (Å²) in [6, 6.07) is 15.0. The van der Waals surface area contributed by atoms with E-state index in [4.69, 9.17) is 16.3 Å². The topological polar surface area (TPSA) is 58.6 Å². The lowest BCUT2D eigenvalue weighted by Crippen LogP contribution is -2.30. The van der Waals surface area contributed by atoms with E-state index >= 15 is 0 Å². The lowest BCUT2D eigenvalue weighted by molar-refractivity contribution is -0.128. The van der Waals surface area contributed by atoms with E-state index in [0.29, 0.717) is 29.5 Å². The van der Waals surface area contributed by atoms with Crippen molar-refractivity contribution in [2.75, 3.05) is 25.5 Å². The number of ether oxygens (including phenoxy) is 1. The van der Waals surface area contributed by atoms with Crippen LogP contribution in [0.2, 0.25) is 5.02 Å². The summed E-state index contributed by atoms with van der Waals surface area (Å²) in [7, 11) is 1.53. The average molecular weight is 373 g/mol. The van der Waals surface area contributed by atoms with Crippen molar-refractivity contribution in [1.29, 1.82) is 0 Å². The number of hydrogen-bond donors (Lipinski definition) is 1. The van der Waals surface area contributed by atoms with Crippen molar-refractivity contribution in [1.82, 2.24) is 4.90 Å². The lowest BCUT2D eigenvalue weighted by atomic mass is 10.1. The van der Waals surface area contributed by atoms with E-state index in [-0.39, 0.29) is 24.2 Å². The van der Waals surface area contributed by atoms with Crippen LogP contribution in [0.15, 0.2) is 48.5 Å². The third-order valence-electron chi connectivity index (χ3n) is 4.52. The molecule has 0 bridgehead atoms. The highest BCUT2D eigenvalue weighted by molar-refractivity contribution is 6.31. The molecule has 0 saturated carbocycles. The second kappa shape index (κ2) is 8.23. The summed E-state index contributed by atoms with van der Waals surface area (Å²) in [5.41, 5.74) is 1.69. The molecule has 1 aliphatic rings. The van der Waals surface area contributed by atoms with Gasteiger partial charge in [-0.3, -0.25) is 9.59 Å². The summed E-state index contributed by atoms with van der Waals surface area (Å²) in [5, 5.41) is 3.34. The number of benzene rings is 2. The molecule has 0 radical (unpaired) electrons. The molecule has 0 spiro atoms. The minimum Gasteiger partial charge on any atom is -0.495 e. The molecular weight excluding hydrogens is 352 g/mol. The van der Waals surface area contributed by atoms with Crippen LogP contribution in [0.3, 0.4) is 0 Å². The number of carbonyl (C=O) groups is 2. The first-order valence-electron chi connectivity index (χ1n) is 8.53. The molecule has 2 aromatic carbocycles. The van der Waals surface area contributed by atoms with Crippen LogP contribution in [0, 0.1) is 5.92 Å². The van der Waals surface area contributed by atoms with Gasteiger partial charge >= 0.3 is 0 Å². The Morgan fingerprint density at radius 2 is 2.04 bits per heavy atom. The fraction of sp³-hybridized carbons (Fsp3) is 0.300. The zero-order chi connectivity index (χ0) is 18.5. The van der Waals surface area contributed by atoms with Gasteiger partial charge in [0.25, 0.3) is 0 Å². The maximum atomic E-state index is 12.6. The summed E-state index contributed by atoms with van der Waals surface area (Å²) in [5.74, 6) is -0.0183. The molecule has 1 saturated heterocycles. The van der Waals surface area contributed by atoms with Crippen molar-refractivity contribution in [2.24, 2.45) is 5.92 Å². The zero-order valence-electron chi connectivity index (χ0n) is 14.6. The SMILES string of the molecule is COc1ccc(Cl)cc1NC(=O)[C@@H]1CC(=O)N(CCc2ccccc2)C1. The number of rotatable bonds is 6. The predicted octanol–water partition coefficient (Wildman–Crippen LogP) is 3.38. The Balaban J connectivity index is 1.59. The third-order valence-corrected chi connectivity index (χ3v) is 4.75. The Hall–Kier alpha value is -2.53. The van der Waals surface area contributed by atoms with Crippen molar-refractivity contribution >= 4 is 29.1 Å². The molecule has 1 N–H and O–H groups in total. The van der Waals surface area contributed by atoms with Crippen LogP contribution in [0.1, 0.15) is 12.0 Å². The number of likely N-dealkylation sites (tertiary alicyclic amines) is 1. The molecule has 5 nitrogen and oxygen atoms in total. The second-order valence-corrected chi connectivity index (χ2v) is 6.75. The van der Waals surface area contributed by atoms with Gasteiger partial charge < -0.3 is 15.0 Å². The Labute approximate surface area is 157 Å². The fourth-order valence-corrected chi connectivity index (χ4v) is 3.26. The molecule has 2 amide bonds. The summed E-state index contributed by atoms with van der Waals surface area (Å²) < 4.78 is 5.24. The molecule has 0 aliphatic carbocycles. The molecule has 1 aliphatic heterocycles. The summed E-state index contributed by atoms with van der Waals surface area (Å²) in [4.78, 5) is 26.6. The second-order valence-electron chi connectivity index (χ2n) is 6.31. The number of halogens is 1. The third kappa shape index (κ3) is 4.35. The van der Waals surface area contributed by atoms with Crippen LogP contribution in [0.25, 0.3) is 0 Å². The summed E-state index contributed by atoms with van der Waals surface area (Å²) in [6.45, 7) is 1.05. The first kappa shape index (κ1) is 18.3. The van der Waals surface area contributed by atoms with Crippen molar-refractivity contribution in [3.8, 4) is 5.75 Å². The number of amides is 2. The average Bonchev–Trinajstić information content (AvgIpc) is 3.02. The molecule has 26 heavy (non-hydrogen) atoms. The minimum absolute atomic E-state index is 0.0131. The number of nitrogens with one attached hydrogen (secondary N) is 1. The number of nitrogens with zero attached hydrogens (tertiary/aromatic N) is 1. The van der Waals surface area contributed by atoms with Crippen molar-refractivity contribution in [2.45, 2.75) is 12.8 Å². The van der Waals surface area contributed by atoms with E-state index in [1.807, 2.05) is 30.3 Å². The molecule has 136 valence electrons. The van der Waals surface area contributed by atoms with Crippen molar-refractivity contribution in [3.05, 3.63) is 59.1 Å². The first-order valence-corrected chi connectivity index (χ1v) is 8.90. The summed E-state index contributed by atoms with van der Waals surface area (Å²) in [6.07, 6.45) is 1.01. The predicted molar refractivity (Wildman–Crippen MR) is 101 cm³/mol. The van der Waals surface area contributed by atoms with E-state index < -0.39 is 0 Å². The van der Waals surface area contributed by atoms with Crippen LogP contribution < -0.4 is 10.1 Å². The number of anilines is 1. The van der Waals surface area contributed by atoms with Crippen molar-refractivity contribution < 1.29 is 14.3 Å². The van der Waals surface area contributed by atoms with Crippen LogP contribution >= 0.6 is 11.6 Å². The molecule has 1 atom stereocenters. The number of carbonyl (C=O) groups excluding carboxylic acids is 2. The monoisotopic (exact) mass is 372 g/mol. The number of methoxy groups -OCH3 is 1. The summed E-state index contributed by atoms with van der Waals surface area (Å²) >= 11 is 5.99. The van der Waals surface area contributed by atoms with Gasteiger partial charge in [0.15, 0.2) is 0 Å². The van der Waals surface area contributed by atoms with Gasteiger partial charge in [0.05, 0.1) is 18.7 Å². The van der Waals surface area contributed by atoms with Crippen LogP contribution in [-0.2, 0) is 16.0 Å². The number of hydrogen-bond acceptors (Lipinski definition) is 3. The minimum atomic E-state index is -0.373. The van der Waals surface area contributed by atoms with Gasteiger partial charge in [0.1, 0.15) is 5.75 Å². The van der Waals surface area contributed by atoms with E-state index in [1.165, 1.54) is 12.7 Å². The van der Waals surface area contributed by atoms with Crippen LogP contribution in [0.4, 0.5) is 5.69 Å². The largest absolute Gasteiger partial charge is 0.495 e. The van der Waals surface area contributed by atoms with Gasteiger partial charge in [-0.2, -0.15) is 0 Å². The molecule has 6 heteroatoms. The molecular formula is C20H21ClN2O3. The Morgan fingerprint density at radius 3 is 2.77 bits per heavy atom. The molecule has 2 aromatic rings. The van der Waals surface area contributed by atoms with Crippen LogP contribution in [-0.4, -0.2) is 36.9 Å². The highest BCUT2D eigenvalue weighted by Crippen LogP contribution is 2.29. The highest BCUT2D eigenvalue weighted by atomic mass is 35.5. The van der Waals surface area contributed by atoms with Gasteiger partial charge in [-0.25, -0.2) is 0 Å². The molecule has 3 rings (SSSR count). The maximum Gasteiger partial charge on any atom is 0.229 e. The molecule has 0 aromatic heterocycles. The fourth-order valence-electron chi connectivity index (χ4n) is 3.09. The quantitative estimate of drug-likeness (QED) is 0.845. The smallest absolute Gasteiger partial charge is 0.229 e. The Morgan fingerprint density at radius 1 is 1.27 bits per heavy atom. The lowest BCUT2D eigenvalue weighted by Gasteiger charge is -2.17. The Bertz CT molecular complexity index is 795. The molecule has 0 unspecified atom stereocenters. The molecule has 1 fully saturated rings. The van der Waals surface area contributed by atoms with Gasteiger partial charge in [-0.1, -0.05) is 41.9 Å². The van der Waals surface area contributed by atoms with E-state index in [0.717, 1.165) is 6.42 Å². The Kier molecular flexibility index (Phi) is 5.78. The highest BCUT2D eigenvalue weighted by Gasteiger charge is 2.34. The van der Waals surface area contributed by atoms with E-state index in [1.54, 1.807) is 23.1 Å². The van der Waals surface area contributed by atoms with Gasteiger partial charge in [-0.05, 0) is 30.2 Å². The first-order chi connectivity index (χ1) is 12.6. The standard InChI is InChI=1S/C20H21ClN2O3/c1-26-18-8-7-16(21)12-17(18)22-20(25)15-11-19(24)23(13-15)10-9-14-5-3-2-4-6-14/h2-8,12,15H,9-11,13H2,1H3,(H,22,25)/t15-/m1/s1. The van der Waals surface area contributed by atoms with Gasteiger partial charge in [-0.15, -0.1) is 0 Å². The van der Waals surface area contributed by atoms with Gasteiger partial charge in [0, 0.05) is 24.5 Å². The van der Waals surface area contributed by atoms with E-state index in [9.17, 15) is 9.59 Å². The zero-order valence-corrected chi connectivity index (χ0v) is 15.3. The molecule has 1 heterocycles. The van der Waals surface area contributed by atoms with E-state index in [2.05, 4.69) is 5.32 Å². The normalized spacial score (nSPS) is 16.6. The van der Waals surface area contributed by atoms with Crippen LogP contribution in [0.5, 0.6) is 5.75 Å². The maximum absolute atomic E-state index is 12.6. The van der Waals surface area contributed by atoms with Gasteiger partial charge in [0.2, 0.25) is 11.8 Å². The van der Waals surface area contributed by atoms with Crippen molar-refractivity contribution in [3.63, 3.8) is 0 Å².